The Bertz CT molecular complexity index is 612. The van der Waals surface area contributed by atoms with Crippen LogP contribution in [-0.4, -0.2) is 55.4 Å². The second kappa shape index (κ2) is 9.66. The van der Waals surface area contributed by atoms with Crippen LogP contribution in [0.3, 0.4) is 0 Å². The molecule has 0 radical (unpaired) electrons. The number of nitrogens with zero attached hydrogens (tertiary/aromatic N) is 1. The third kappa shape index (κ3) is 5.77. The van der Waals surface area contributed by atoms with E-state index in [2.05, 4.69) is 10.6 Å². The Hall–Kier alpha value is -2.57. The topological polar surface area (TPSA) is 87.7 Å². The number of carbonyl (C=O) groups excluding carboxylic acids is 3. The largest absolute Gasteiger partial charge is 0.493 e. The van der Waals surface area contributed by atoms with E-state index in [0.29, 0.717) is 17.9 Å². The number of amides is 3. The fraction of sp³-hybridized carbons (Fsp3) is 0.500. The van der Waals surface area contributed by atoms with Gasteiger partial charge in [0.05, 0.1) is 18.7 Å². The van der Waals surface area contributed by atoms with Gasteiger partial charge < -0.3 is 20.3 Å². The maximum Gasteiger partial charge on any atom is 0.255 e. The average molecular weight is 347 g/mol. The van der Waals surface area contributed by atoms with Crippen molar-refractivity contribution in [1.29, 1.82) is 0 Å². The maximum atomic E-state index is 12.2. The molecule has 1 fully saturated rings. The van der Waals surface area contributed by atoms with E-state index in [1.54, 1.807) is 24.3 Å². The highest BCUT2D eigenvalue weighted by Crippen LogP contribution is 2.17. The van der Waals surface area contributed by atoms with E-state index in [9.17, 15) is 14.4 Å². The summed E-state index contributed by atoms with van der Waals surface area (Å²) in [5.41, 5.74) is 0.390. The summed E-state index contributed by atoms with van der Waals surface area (Å²) >= 11 is 0. The summed E-state index contributed by atoms with van der Waals surface area (Å²) in [5.74, 6) is -0.143. The van der Waals surface area contributed by atoms with Crippen LogP contribution in [0.1, 0.15) is 36.5 Å². The number of rotatable bonds is 8. The first-order chi connectivity index (χ1) is 12.1. The van der Waals surface area contributed by atoms with E-state index in [-0.39, 0.29) is 37.2 Å². The number of hydrogen-bond donors (Lipinski definition) is 2. The highest BCUT2D eigenvalue weighted by Gasteiger charge is 2.17. The van der Waals surface area contributed by atoms with Gasteiger partial charge in [-0.3, -0.25) is 14.4 Å². The highest BCUT2D eigenvalue weighted by molar-refractivity contribution is 5.98. The first-order valence-corrected chi connectivity index (χ1v) is 8.66. The molecule has 0 spiro atoms. The molecule has 3 amide bonds. The smallest absolute Gasteiger partial charge is 0.255 e. The summed E-state index contributed by atoms with van der Waals surface area (Å²) in [5, 5.41) is 5.22. The van der Waals surface area contributed by atoms with Crippen molar-refractivity contribution in [1.82, 2.24) is 15.5 Å². The van der Waals surface area contributed by atoms with Gasteiger partial charge in [0, 0.05) is 26.1 Å². The molecule has 2 rings (SSSR count). The van der Waals surface area contributed by atoms with Gasteiger partial charge in [0.25, 0.3) is 5.91 Å². The highest BCUT2D eigenvalue weighted by atomic mass is 16.5. The predicted octanol–water partition coefficient (Wildman–Crippen LogP) is 0.944. The van der Waals surface area contributed by atoms with Crippen molar-refractivity contribution in [2.45, 2.75) is 26.2 Å². The lowest BCUT2D eigenvalue weighted by molar-refractivity contribution is -0.130. The molecule has 0 bridgehead atoms. The van der Waals surface area contributed by atoms with Crippen LogP contribution in [0.2, 0.25) is 0 Å². The van der Waals surface area contributed by atoms with Crippen LogP contribution in [0.4, 0.5) is 0 Å². The lowest BCUT2D eigenvalue weighted by atomic mass is 10.2. The van der Waals surface area contributed by atoms with Gasteiger partial charge in [-0.1, -0.05) is 12.1 Å². The third-order valence-electron chi connectivity index (χ3n) is 3.96. The zero-order valence-corrected chi connectivity index (χ0v) is 14.5. The molecule has 1 heterocycles. The van der Waals surface area contributed by atoms with E-state index in [0.717, 1.165) is 25.9 Å². The molecule has 25 heavy (non-hydrogen) atoms. The molecule has 1 aromatic rings. The summed E-state index contributed by atoms with van der Waals surface area (Å²) in [7, 11) is 0. The lowest BCUT2D eigenvalue weighted by Crippen LogP contribution is -2.39. The molecular formula is C18H25N3O4. The molecule has 0 atom stereocenters. The standard InChI is InChI=1S/C18H25N3O4/c1-2-25-15-8-4-3-7-14(15)18(24)20-13-16(22)19-10-9-17(23)21-11-5-6-12-21/h3-4,7-8H,2,5-6,9-13H2,1H3,(H,19,22)(H,20,24). The summed E-state index contributed by atoms with van der Waals surface area (Å²) < 4.78 is 5.40. The van der Waals surface area contributed by atoms with Gasteiger partial charge in [-0.25, -0.2) is 0 Å². The van der Waals surface area contributed by atoms with Gasteiger partial charge in [-0.2, -0.15) is 0 Å². The van der Waals surface area contributed by atoms with E-state index in [4.69, 9.17) is 4.74 Å². The molecule has 1 aliphatic rings. The Balaban J connectivity index is 1.70. The molecule has 1 aliphatic heterocycles. The van der Waals surface area contributed by atoms with Crippen molar-refractivity contribution in [3.63, 3.8) is 0 Å². The van der Waals surface area contributed by atoms with Gasteiger partial charge >= 0.3 is 0 Å². The van der Waals surface area contributed by atoms with E-state index >= 15 is 0 Å². The molecule has 1 saturated heterocycles. The van der Waals surface area contributed by atoms with Crippen LogP contribution >= 0.6 is 0 Å². The minimum Gasteiger partial charge on any atom is -0.493 e. The molecule has 7 nitrogen and oxygen atoms in total. The number of nitrogens with one attached hydrogen (secondary N) is 2. The number of ether oxygens (including phenoxy) is 1. The van der Waals surface area contributed by atoms with Crippen molar-refractivity contribution >= 4 is 17.7 Å². The van der Waals surface area contributed by atoms with E-state index < -0.39 is 0 Å². The summed E-state index contributed by atoms with van der Waals surface area (Å²) in [6.07, 6.45) is 2.38. The van der Waals surface area contributed by atoms with Crippen LogP contribution in [0.15, 0.2) is 24.3 Å². The molecule has 0 saturated carbocycles. The normalized spacial score (nSPS) is 13.4. The fourth-order valence-corrected chi connectivity index (χ4v) is 2.69. The second-order valence-electron chi connectivity index (χ2n) is 5.80. The van der Waals surface area contributed by atoms with Crippen molar-refractivity contribution in [3.05, 3.63) is 29.8 Å². The summed E-state index contributed by atoms with van der Waals surface area (Å²) in [6, 6.07) is 6.88. The van der Waals surface area contributed by atoms with Crippen LogP contribution in [0, 0.1) is 0 Å². The number of carbonyl (C=O) groups is 3. The quantitative estimate of drug-likeness (QED) is 0.733. The average Bonchev–Trinajstić information content (AvgIpc) is 3.15. The van der Waals surface area contributed by atoms with E-state index in [1.807, 2.05) is 11.8 Å². The number of hydrogen-bond acceptors (Lipinski definition) is 4. The number of likely N-dealkylation sites (tertiary alicyclic amines) is 1. The van der Waals surface area contributed by atoms with Crippen LogP contribution < -0.4 is 15.4 Å². The van der Waals surface area contributed by atoms with Gasteiger partial charge in [-0.15, -0.1) is 0 Å². The monoisotopic (exact) mass is 347 g/mol. The molecule has 0 aromatic heterocycles. The molecule has 0 aliphatic carbocycles. The minimum absolute atomic E-state index is 0.0625. The molecule has 7 heteroatoms. The molecule has 136 valence electrons. The number of benzene rings is 1. The zero-order valence-electron chi connectivity index (χ0n) is 14.5. The van der Waals surface area contributed by atoms with Crippen molar-refractivity contribution in [2.24, 2.45) is 0 Å². The van der Waals surface area contributed by atoms with Crippen molar-refractivity contribution in [3.8, 4) is 5.75 Å². The first-order valence-electron chi connectivity index (χ1n) is 8.66. The maximum absolute atomic E-state index is 12.2. The molecule has 0 unspecified atom stereocenters. The summed E-state index contributed by atoms with van der Waals surface area (Å²) in [4.78, 5) is 37.7. The van der Waals surface area contributed by atoms with Crippen molar-refractivity contribution in [2.75, 3.05) is 32.8 Å². The van der Waals surface area contributed by atoms with Gasteiger partial charge in [-0.05, 0) is 31.9 Å². The van der Waals surface area contributed by atoms with Gasteiger partial charge in [0.15, 0.2) is 0 Å². The Morgan fingerprint density at radius 2 is 1.84 bits per heavy atom. The second-order valence-corrected chi connectivity index (χ2v) is 5.80. The van der Waals surface area contributed by atoms with Crippen LogP contribution in [0.25, 0.3) is 0 Å². The SMILES string of the molecule is CCOc1ccccc1C(=O)NCC(=O)NCCC(=O)N1CCCC1. The Morgan fingerprint density at radius 1 is 1.12 bits per heavy atom. The Labute approximate surface area is 147 Å². The predicted molar refractivity (Wildman–Crippen MR) is 93.4 cm³/mol. The van der Waals surface area contributed by atoms with Crippen molar-refractivity contribution < 1.29 is 19.1 Å². The molecule has 1 aromatic carbocycles. The minimum atomic E-state index is -0.368. The fourth-order valence-electron chi connectivity index (χ4n) is 2.69. The van der Waals surface area contributed by atoms with Gasteiger partial charge in [0.1, 0.15) is 5.75 Å². The van der Waals surface area contributed by atoms with Crippen LogP contribution in [0.5, 0.6) is 5.75 Å². The van der Waals surface area contributed by atoms with Crippen LogP contribution in [-0.2, 0) is 9.59 Å². The lowest BCUT2D eigenvalue weighted by Gasteiger charge is -2.15. The molecular weight excluding hydrogens is 322 g/mol. The summed E-state index contributed by atoms with van der Waals surface area (Å²) in [6.45, 7) is 4.04. The zero-order chi connectivity index (χ0) is 18.1. The Kier molecular flexibility index (Phi) is 7.25. The van der Waals surface area contributed by atoms with E-state index in [1.165, 1.54) is 0 Å². The molecule has 2 N–H and O–H groups in total. The first kappa shape index (κ1) is 18.8. The van der Waals surface area contributed by atoms with Gasteiger partial charge in [0.2, 0.25) is 11.8 Å². The third-order valence-corrected chi connectivity index (χ3v) is 3.96. The Morgan fingerprint density at radius 3 is 2.56 bits per heavy atom. The number of para-hydroxylation sites is 1.